The Labute approximate surface area is 120 Å². The van der Waals surface area contributed by atoms with E-state index in [-0.39, 0.29) is 18.3 Å². The molecule has 0 saturated carbocycles. The topological polar surface area (TPSA) is 59.6 Å². The van der Waals surface area contributed by atoms with Crippen LogP contribution >= 0.6 is 12.4 Å². The number of methoxy groups -OCH3 is 2. The fourth-order valence-corrected chi connectivity index (χ4v) is 1.48. The van der Waals surface area contributed by atoms with Gasteiger partial charge in [0.25, 0.3) is 0 Å². The molecule has 0 aliphatic carbocycles. The number of carbonyl (C=O) groups is 1. The van der Waals surface area contributed by atoms with Gasteiger partial charge >= 0.3 is 0 Å². The molecule has 0 bridgehead atoms. The minimum absolute atomic E-state index is 0. The van der Waals surface area contributed by atoms with E-state index in [2.05, 4.69) is 10.6 Å². The van der Waals surface area contributed by atoms with Crippen molar-refractivity contribution in [1.29, 1.82) is 0 Å². The van der Waals surface area contributed by atoms with E-state index in [4.69, 9.17) is 9.47 Å². The predicted octanol–water partition coefficient (Wildman–Crippen LogP) is 0.969. The van der Waals surface area contributed by atoms with Crippen LogP contribution in [0.15, 0.2) is 24.3 Å². The van der Waals surface area contributed by atoms with Crippen molar-refractivity contribution in [2.24, 2.45) is 0 Å². The van der Waals surface area contributed by atoms with E-state index in [9.17, 15) is 4.79 Å². The summed E-state index contributed by atoms with van der Waals surface area (Å²) >= 11 is 0. The van der Waals surface area contributed by atoms with E-state index < -0.39 is 0 Å². The molecule has 1 aromatic rings. The summed E-state index contributed by atoms with van der Waals surface area (Å²) in [5, 5.41) is 5.81. The van der Waals surface area contributed by atoms with Gasteiger partial charge in [-0.15, -0.1) is 12.4 Å². The zero-order valence-electron chi connectivity index (χ0n) is 11.3. The normalized spacial score (nSPS) is 9.58. The van der Waals surface area contributed by atoms with E-state index in [1.807, 2.05) is 24.3 Å². The molecule has 2 N–H and O–H groups in total. The van der Waals surface area contributed by atoms with E-state index in [0.717, 1.165) is 11.3 Å². The van der Waals surface area contributed by atoms with Gasteiger partial charge in [-0.1, -0.05) is 18.2 Å². The molecule has 0 unspecified atom stereocenters. The van der Waals surface area contributed by atoms with E-state index in [0.29, 0.717) is 26.2 Å². The Balaban J connectivity index is 0.00000324. The van der Waals surface area contributed by atoms with Crippen LogP contribution in [0.3, 0.4) is 0 Å². The number of amides is 1. The summed E-state index contributed by atoms with van der Waals surface area (Å²) in [7, 11) is 3.25. The van der Waals surface area contributed by atoms with Crippen LogP contribution in [0.25, 0.3) is 0 Å². The Morgan fingerprint density at radius 2 is 2.00 bits per heavy atom. The summed E-state index contributed by atoms with van der Waals surface area (Å²) in [6.07, 6.45) is 0. The van der Waals surface area contributed by atoms with Crippen LogP contribution in [0.4, 0.5) is 0 Å². The molecule has 5 nitrogen and oxygen atoms in total. The maximum absolute atomic E-state index is 11.5. The number of hydrogen-bond acceptors (Lipinski definition) is 4. The van der Waals surface area contributed by atoms with Crippen molar-refractivity contribution in [3.63, 3.8) is 0 Å². The zero-order chi connectivity index (χ0) is 13.2. The lowest BCUT2D eigenvalue weighted by atomic mass is 10.2. The molecule has 19 heavy (non-hydrogen) atoms. The predicted molar refractivity (Wildman–Crippen MR) is 76.8 cm³/mol. The molecule has 108 valence electrons. The fourth-order valence-electron chi connectivity index (χ4n) is 1.48. The summed E-state index contributed by atoms with van der Waals surface area (Å²) < 4.78 is 10.1. The van der Waals surface area contributed by atoms with Crippen molar-refractivity contribution in [2.75, 3.05) is 33.9 Å². The number of para-hydroxylation sites is 1. The van der Waals surface area contributed by atoms with Gasteiger partial charge in [-0.25, -0.2) is 0 Å². The minimum Gasteiger partial charge on any atom is -0.496 e. The first-order valence-electron chi connectivity index (χ1n) is 5.86. The Kier molecular flexibility index (Phi) is 9.88. The van der Waals surface area contributed by atoms with Gasteiger partial charge < -0.3 is 20.1 Å². The molecule has 0 aliphatic rings. The summed E-state index contributed by atoms with van der Waals surface area (Å²) in [4.78, 5) is 11.5. The van der Waals surface area contributed by atoms with Gasteiger partial charge in [0, 0.05) is 25.8 Å². The van der Waals surface area contributed by atoms with E-state index >= 15 is 0 Å². The molecule has 6 heteroatoms. The highest BCUT2D eigenvalue weighted by Gasteiger charge is 2.04. The molecule has 0 saturated heterocycles. The maximum atomic E-state index is 11.5. The van der Waals surface area contributed by atoms with Crippen LogP contribution in [-0.4, -0.2) is 39.8 Å². The van der Waals surface area contributed by atoms with Gasteiger partial charge in [0.05, 0.1) is 20.3 Å². The second-order valence-electron chi connectivity index (χ2n) is 3.76. The van der Waals surface area contributed by atoms with Crippen molar-refractivity contribution in [3.8, 4) is 5.75 Å². The van der Waals surface area contributed by atoms with Crippen molar-refractivity contribution >= 4 is 18.3 Å². The lowest BCUT2D eigenvalue weighted by Crippen LogP contribution is -2.34. The number of hydrogen-bond donors (Lipinski definition) is 2. The SMILES string of the molecule is COCCNCC(=O)NCc1ccccc1OC.Cl. The molecule has 1 aromatic carbocycles. The molecular formula is C13H21ClN2O3. The molecule has 0 atom stereocenters. The monoisotopic (exact) mass is 288 g/mol. The Morgan fingerprint density at radius 1 is 1.26 bits per heavy atom. The Morgan fingerprint density at radius 3 is 2.68 bits per heavy atom. The number of nitrogens with one attached hydrogen (secondary N) is 2. The summed E-state index contributed by atoms with van der Waals surface area (Å²) in [6, 6.07) is 7.62. The van der Waals surface area contributed by atoms with Crippen LogP contribution < -0.4 is 15.4 Å². The first kappa shape index (κ1) is 17.7. The van der Waals surface area contributed by atoms with Crippen molar-refractivity contribution in [2.45, 2.75) is 6.54 Å². The smallest absolute Gasteiger partial charge is 0.234 e. The highest BCUT2D eigenvalue weighted by Crippen LogP contribution is 2.16. The van der Waals surface area contributed by atoms with Gasteiger partial charge in [0.15, 0.2) is 0 Å². The molecule has 1 amide bonds. The number of rotatable bonds is 8. The molecule has 0 aliphatic heterocycles. The molecule has 0 heterocycles. The maximum Gasteiger partial charge on any atom is 0.234 e. The van der Waals surface area contributed by atoms with E-state index in [1.165, 1.54) is 0 Å². The average molecular weight is 289 g/mol. The van der Waals surface area contributed by atoms with Crippen LogP contribution in [0.2, 0.25) is 0 Å². The van der Waals surface area contributed by atoms with Gasteiger partial charge in [-0.3, -0.25) is 4.79 Å². The highest BCUT2D eigenvalue weighted by atomic mass is 35.5. The molecule has 0 radical (unpaired) electrons. The van der Waals surface area contributed by atoms with Gasteiger partial charge in [-0.05, 0) is 6.07 Å². The van der Waals surface area contributed by atoms with Crippen LogP contribution in [0.1, 0.15) is 5.56 Å². The first-order valence-corrected chi connectivity index (χ1v) is 5.86. The van der Waals surface area contributed by atoms with Crippen molar-refractivity contribution < 1.29 is 14.3 Å². The number of ether oxygens (including phenoxy) is 2. The number of benzene rings is 1. The van der Waals surface area contributed by atoms with Crippen LogP contribution in [0, 0.1) is 0 Å². The van der Waals surface area contributed by atoms with Gasteiger partial charge in [0.2, 0.25) is 5.91 Å². The molecule has 1 rings (SSSR count). The minimum atomic E-state index is -0.0444. The number of halogens is 1. The molecular weight excluding hydrogens is 268 g/mol. The average Bonchev–Trinajstić information content (AvgIpc) is 2.41. The summed E-state index contributed by atoms with van der Waals surface area (Å²) in [5.41, 5.74) is 0.963. The Bertz CT molecular complexity index is 375. The molecule has 0 fully saturated rings. The fraction of sp³-hybridized carbons (Fsp3) is 0.462. The van der Waals surface area contributed by atoms with Crippen molar-refractivity contribution in [3.05, 3.63) is 29.8 Å². The summed E-state index contributed by atoms with van der Waals surface area (Å²) in [6.45, 7) is 2.02. The highest BCUT2D eigenvalue weighted by molar-refractivity contribution is 5.85. The third-order valence-electron chi connectivity index (χ3n) is 2.44. The summed E-state index contributed by atoms with van der Waals surface area (Å²) in [5.74, 6) is 0.738. The second kappa shape index (κ2) is 10.6. The standard InChI is InChI=1S/C13H20N2O3.ClH/c1-17-8-7-14-10-13(16)15-9-11-5-3-4-6-12(11)18-2;/h3-6,14H,7-10H2,1-2H3,(H,15,16);1H. The van der Waals surface area contributed by atoms with Gasteiger partial charge in [0.1, 0.15) is 5.75 Å². The first-order chi connectivity index (χ1) is 8.77. The van der Waals surface area contributed by atoms with Crippen LogP contribution in [-0.2, 0) is 16.1 Å². The number of carbonyl (C=O) groups excluding carboxylic acids is 1. The quantitative estimate of drug-likeness (QED) is 0.700. The lowest BCUT2D eigenvalue weighted by molar-refractivity contribution is -0.120. The second-order valence-corrected chi connectivity index (χ2v) is 3.76. The van der Waals surface area contributed by atoms with E-state index in [1.54, 1.807) is 14.2 Å². The van der Waals surface area contributed by atoms with Gasteiger partial charge in [-0.2, -0.15) is 0 Å². The van der Waals surface area contributed by atoms with Crippen molar-refractivity contribution in [1.82, 2.24) is 10.6 Å². The van der Waals surface area contributed by atoms with Crippen LogP contribution in [0.5, 0.6) is 5.75 Å². The third-order valence-corrected chi connectivity index (χ3v) is 2.44. The lowest BCUT2D eigenvalue weighted by Gasteiger charge is -2.09. The molecule has 0 spiro atoms. The zero-order valence-corrected chi connectivity index (χ0v) is 12.1. The third kappa shape index (κ3) is 7.00. The largest absolute Gasteiger partial charge is 0.496 e. The Hall–Kier alpha value is -1.30. The molecule has 0 aromatic heterocycles.